The minimum absolute atomic E-state index is 1.00. The first kappa shape index (κ1) is 9.33. The Morgan fingerprint density at radius 2 is 2.12 bits per heavy atom. The molecule has 1 aromatic heterocycles. The van der Waals surface area contributed by atoms with E-state index in [2.05, 4.69) is 33.5 Å². The molecule has 0 aliphatic carbocycles. The zero-order valence-electron chi connectivity index (χ0n) is 9.20. The third-order valence-corrected chi connectivity index (χ3v) is 2.91. The zero-order chi connectivity index (χ0) is 11.0. The van der Waals surface area contributed by atoms with E-state index in [-0.39, 0.29) is 0 Å². The molecule has 0 unspecified atom stereocenters. The number of aryl methyl sites for hydroxylation is 1. The quantitative estimate of drug-likeness (QED) is 0.787. The van der Waals surface area contributed by atoms with Gasteiger partial charge in [-0.05, 0) is 37.1 Å². The summed E-state index contributed by atoms with van der Waals surface area (Å²) in [7, 11) is 0. The fourth-order valence-electron chi connectivity index (χ4n) is 2.08. The summed E-state index contributed by atoms with van der Waals surface area (Å²) in [6.45, 7) is 3.03. The van der Waals surface area contributed by atoms with Gasteiger partial charge in [0.2, 0.25) is 0 Å². The van der Waals surface area contributed by atoms with Gasteiger partial charge in [0.05, 0.1) is 5.69 Å². The first-order valence-corrected chi connectivity index (χ1v) is 5.49. The maximum Gasteiger partial charge on any atom is 0.116 e. The molecule has 0 spiro atoms. The maximum absolute atomic E-state index is 4.30. The zero-order valence-corrected chi connectivity index (χ0v) is 9.20. The van der Waals surface area contributed by atoms with Crippen molar-refractivity contribution in [3.8, 4) is 11.3 Å². The molecule has 2 aromatic rings. The van der Waals surface area contributed by atoms with Crippen molar-refractivity contribution in [1.29, 1.82) is 0 Å². The molecule has 16 heavy (non-hydrogen) atoms. The van der Waals surface area contributed by atoms with E-state index in [0.29, 0.717) is 0 Å². The number of aromatic nitrogens is 2. The Kier molecular flexibility index (Phi) is 2.10. The summed E-state index contributed by atoms with van der Waals surface area (Å²) in [6, 6.07) is 8.48. The van der Waals surface area contributed by atoms with Crippen molar-refractivity contribution in [3.05, 3.63) is 41.9 Å². The average Bonchev–Trinajstić information content (AvgIpc) is 2.75. The second kappa shape index (κ2) is 3.59. The number of anilines is 1. The van der Waals surface area contributed by atoms with Gasteiger partial charge in [0, 0.05) is 23.5 Å². The Balaban J connectivity index is 2.07. The molecule has 0 radical (unpaired) electrons. The van der Waals surface area contributed by atoms with Crippen LogP contribution in [0.3, 0.4) is 0 Å². The summed E-state index contributed by atoms with van der Waals surface area (Å²) in [5.74, 6) is 0. The summed E-state index contributed by atoms with van der Waals surface area (Å²) < 4.78 is 0. The Morgan fingerprint density at radius 1 is 1.19 bits per heavy atom. The molecule has 0 fully saturated rings. The molecule has 0 atom stereocenters. The summed E-state index contributed by atoms with van der Waals surface area (Å²) in [6.07, 6.45) is 2.73. The molecular weight excluding hydrogens is 198 g/mol. The Bertz CT molecular complexity index is 534. The fraction of sp³-hybridized carbons (Fsp3) is 0.231. The van der Waals surface area contributed by atoms with Gasteiger partial charge in [0.25, 0.3) is 0 Å². The molecule has 3 rings (SSSR count). The Morgan fingerprint density at radius 3 is 3.00 bits per heavy atom. The average molecular weight is 211 g/mol. The van der Waals surface area contributed by atoms with E-state index in [0.717, 1.165) is 24.4 Å². The van der Waals surface area contributed by atoms with E-state index in [1.54, 1.807) is 6.33 Å². The number of nitrogens with one attached hydrogen (secondary N) is 1. The van der Waals surface area contributed by atoms with Gasteiger partial charge in [0.1, 0.15) is 6.33 Å². The van der Waals surface area contributed by atoms with Crippen LogP contribution >= 0.6 is 0 Å². The van der Waals surface area contributed by atoms with Crippen molar-refractivity contribution in [2.45, 2.75) is 13.3 Å². The molecule has 1 N–H and O–H groups in total. The second-order valence-corrected chi connectivity index (χ2v) is 4.09. The van der Waals surface area contributed by atoms with Crippen LogP contribution in [0.25, 0.3) is 11.3 Å². The molecule has 3 heteroatoms. The summed E-state index contributed by atoms with van der Waals surface area (Å²) in [5, 5.41) is 3.36. The number of hydrogen-bond donors (Lipinski definition) is 1. The van der Waals surface area contributed by atoms with Crippen molar-refractivity contribution in [2.24, 2.45) is 0 Å². The predicted octanol–water partition coefficient (Wildman–Crippen LogP) is 2.42. The van der Waals surface area contributed by atoms with E-state index in [9.17, 15) is 0 Å². The predicted molar refractivity (Wildman–Crippen MR) is 64.4 cm³/mol. The smallest absolute Gasteiger partial charge is 0.116 e. The first-order chi connectivity index (χ1) is 7.83. The minimum atomic E-state index is 1.00. The van der Waals surface area contributed by atoms with Gasteiger partial charge in [-0.25, -0.2) is 9.97 Å². The Hall–Kier alpha value is -1.90. The third kappa shape index (κ3) is 1.54. The van der Waals surface area contributed by atoms with E-state index < -0.39 is 0 Å². The molecule has 0 saturated carbocycles. The van der Waals surface area contributed by atoms with Gasteiger partial charge < -0.3 is 5.32 Å². The largest absolute Gasteiger partial charge is 0.384 e. The highest BCUT2D eigenvalue weighted by Gasteiger charge is 2.11. The summed E-state index contributed by atoms with van der Waals surface area (Å²) in [4.78, 5) is 8.42. The summed E-state index contributed by atoms with van der Waals surface area (Å²) >= 11 is 0. The van der Waals surface area contributed by atoms with Gasteiger partial charge in [0.15, 0.2) is 0 Å². The highest BCUT2D eigenvalue weighted by atomic mass is 14.9. The van der Waals surface area contributed by atoms with Gasteiger partial charge >= 0.3 is 0 Å². The molecule has 0 saturated heterocycles. The molecule has 1 aliphatic rings. The van der Waals surface area contributed by atoms with Crippen LogP contribution in [0.15, 0.2) is 30.6 Å². The van der Waals surface area contributed by atoms with Gasteiger partial charge in [-0.15, -0.1) is 0 Å². The SMILES string of the molecule is Cc1cc(-c2ccc3c(c2)CCN3)ncn1. The van der Waals surface area contributed by atoms with Crippen LogP contribution in [0.1, 0.15) is 11.3 Å². The van der Waals surface area contributed by atoms with E-state index >= 15 is 0 Å². The van der Waals surface area contributed by atoms with Crippen LogP contribution in [-0.4, -0.2) is 16.5 Å². The lowest BCUT2D eigenvalue weighted by Crippen LogP contribution is -1.90. The third-order valence-electron chi connectivity index (χ3n) is 2.91. The van der Waals surface area contributed by atoms with Crippen LogP contribution in [0, 0.1) is 6.92 Å². The Labute approximate surface area is 94.6 Å². The van der Waals surface area contributed by atoms with Crippen molar-refractivity contribution in [3.63, 3.8) is 0 Å². The van der Waals surface area contributed by atoms with Crippen molar-refractivity contribution >= 4 is 5.69 Å². The number of hydrogen-bond acceptors (Lipinski definition) is 3. The normalized spacial score (nSPS) is 13.3. The molecule has 80 valence electrons. The topological polar surface area (TPSA) is 37.8 Å². The minimum Gasteiger partial charge on any atom is -0.384 e. The van der Waals surface area contributed by atoms with E-state index in [4.69, 9.17) is 0 Å². The van der Waals surface area contributed by atoms with Crippen molar-refractivity contribution in [2.75, 3.05) is 11.9 Å². The van der Waals surface area contributed by atoms with E-state index in [1.807, 2.05) is 13.0 Å². The van der Waals surface area contributed by atoms with Crippen molar-refractivity contribution < 1.29 is 0 Å². The standard InChI is InChI=1S/C13H13N3/c1-9-6-13(16-8-15-9)10-2-3-12-11(7-10)4-5-14-12/h2-3,6-8,14H,4-5H2,1H3. The number of fused-ring (bicyclic) bond motifs is 1. The van der Waals surface area contributed by atoms with Crippen LogP contribution in [0.4, 0.5) is 5.69 Å². The summed E-state index contributed by atoms with van der Waals surface area (Å²) in [5.41, 5.74) is 5.82. The first-order valence-electron chi connectivity index (χ1n) is 5.49. The number of benzene rings is 1. The van der Waals surface area contributed by atoms with Gasteiger partial charge in [-0.1, -0.05) is 6.07 Å². The fourth-order valence-corrected chi connectivity index (χ4v) is 2.08. The molecule has 1 aliphatic heterocycles. The van der Waals surface area contributed by atoms with Crippen LogP contribution in [-0.2, 0) is 6.42 Å². The molecule has 0 bridgehead atoms. The lowest BCUT2D eigenvalue weighted by Gasteiger charge is -2.04. The number of nitrogens with zero attached hydrogens (tertiary/aromatic N) is 2. The highest BCUT2D eigenvalue weighted by Crippen LogP contribution is 2.27. The van der Waals surface area contributed by atoms with Crippen LogP contribution < -0.4 is 5.32 Å². The number of rotatable bonds is 1. The van der Waals surface area contributed by atoms with Gasteiger partial charge in [-0.3, -0.25) is 0 Å². The highest BCUT2D eigenvalue weighted by molar-refractivity contribution is 5.67. The second-order valence-electron chi connectivity index (χ2n) is 4.09. The lowest BCUT2D eigenvalue weighted by molar-refractivity contribution is 1.10. The molecule has 3 nitrogen and oxygen atoms in total. The van der Waals surface area contributed by atoms with Crippen LogP contribution in [0.5, 0.6) is 0 Å². The molecular formula is C13H13N3. The maximum atomic E-state index is 4.30. The molecule has 1 aromatic carbocycles. The molecule has 0 amide bonds. The lowest BCUT2D eigenvalue weighted by atomic mass is 10.1. The van der Waals surface area contributed by atoms with Crippen LogP contribution in [0.2, 0.25) is 0 Å². The monoisotopic (exact) mass is 211 g/mol. The van der Waals surface area contributed by atoms with E-state index in [1.165, 1.54) is 16.8 Å². The van der Waals surface area contributed by atoms with Gasteiger partial charge in [-0.2, -0.15) is 0 Å². The molecule has 2 heterocycles. The van der Waals surface area contributed by atoms with Crippen molar-refractivity contribution in [1.82, 2.24) is 9.97 Å².